The summed E-state index contributed by atoms with van der Waals surface area (Å²) in [6, 6.07) is 6.38. The Morgan fingerprint density at radius 1 is 1.27 bits per heavy atom. The lowest BCUT2D eigenvalue weighted by molar-refractivity contribution is -0.154. The third-order valence-corrected chi connectivity index (χ3v) is 5.28. The minimum absolute atomic E-state index is 0.0925. The van der Waals surface area contributed by atoms with Gasteiger partial charge >= 0.3 is 5.97 Å². The molecule has 140 valence electrons. The fraction of sp³-hybridized carbons (Fsp3) is 0.526. The molecule has 2 saturated heterocycles. The van der Waals surface area contributed by atoms with Crippen LogP contribution >= 0.6 is 0 Å². The Kier molecular flexibility index (Phi) is 5.15. The highest BCUT2D eigenvalue weighted by Gasteiger charge is 2.42. The van der Waals surface area contributed by atoms with Crippen molar-refractivity contribution in [2.75, 3.05) is 25.1 Å². The Hall–Kier alpha value is -2.57. The minimum atomic E-state index is -0.976. The average molecular weight is 360 g/mol. The van der Waals surface area contributed by atoms with Gasteiger partial charge in [0.1, 0.15) is 11.8 Å². The monoisotopic (exact) mass is 360 g/mol. The number of hydrogen-bond acceptors (Lipinski definition) is 4. The molecule has 1 aromatic rings. The van der Waals surface area contributed by atoms with Gasteiger partial charge in [0.2, 0.25) is 11.8 Å². The topological polar surface area (TPSA) is 87.2 Å². The molecule has 1 aromatic carbocycles. The van der Waals surface area contributed by atoms with E-state index in [1.165, 1.54) is 12.0 Å². The Morgan fingerprint density at radius 2 is 2.00 bits per heavy atom. The number of aliphatic carboxylic acids is 1. The number of para-hydroxylation sites is 2. The number of hydrogen-bond donors (Lipinski definition) is 1. The van der Waals surface area contributed by atoms with Crippen LogP contribution in [0.4, 0.5) is 5.69 Å². The van der Waals surface area contributed by atoms with Crippen LogP contribution in [0.15, 0.2) is 24.3 Å². The van der Waals surface area contributed by atoms with Gasteiger partial charge in [-0.05, 0) is 30.9 Å². The van der Waals surface area contributed by atoms with Crippen LogP contribution in [0.25, 0.3) is 0 Å². The van der Waals surface area contributed by atoms with Crippen molar-refractivity contribution in [2.45, 2.75) is 32.2 Å². The number of ether oxygens (including phenoxy) is 1. The summed E-state index contributed by atoms with van der Waals surface area (Å²) in [4.78, 5) is 40.0. The van der Waals surface area contributed by atoms with Crippen LogP contribution in [-0.2, 0) is 14.4 Å². The first-order chi connectivity index (χ1) is 12.4. The van der Waals surface area contributed by atoms with Crippen molar-refractivity contribution in [2.24, 2.45) is 11.8 Å². The Morgan fingerprint density at radius 3 is 2.69 bits per heavy atom. The van der Waals surface area contributed by atoms with E-state index in [-0.39, 0.29) is 30.7 Å². The Labute approximate surface area is 152 Å². The molecule has 0 radical (unpaired) electrons. The number of anilines is 1. The first-order valence-corrected chi connectivity index (χ1v) is 8.89. The minimum Gasteiger partial charge on any atom is -0.495 e. The molecular formula is C19H24N2O5. The highest BCUT2D eigenvalue weighted by Crippen LogP contribution is 2.34. The van der Waals surface area contributed by atoms with E-state index in [1.807, 2.05) is 19.1 Å². The number of methoxy groups -OCH3 is 1. The lowest BCUT2D eigenvalue weighted by Crippen LogP contribution is -2.52. The SMILES string of the molecule is COc1ccccc1N1CC(C(=O)N2CCC(C)CC2C(=O)O)CC1=O. The quantitative estimate of drug-likeness (QED) is 0.884. The Bertz CT molecular complexity index is 720. The summed E-state index contributed by atoms with van der Waals surface area (Å²) >= 11 is 0. The van der Waals surface area contributed by atoms with Crippen LogP contribution in [0.1, 0.15) is 26.2 Å². The van der Waals surface area contributed by atoms with Gasteiger partial charge in [0.25, 0.3) is 0 Å². The number of amides is 2. The number of carbonyl (C=O) groups excluding carboxylic acids is 2. The number of benzene rings is 1. The molecule has 26 heavy (non-hydrogen) atoms. The second-order valence-electron chi connectivity index (χ2n) is 7.09. The average Bonchev–Trinajstić information content (AvgIpc) is 3.02. The van der Waals surface area contributed by atoms with Crippen LogP contribution in [0.2, 0.25) is 0 Å². The van der Waals surface area contributed by atoms with Crippen molar-refractivity contribution in [3.8, 4) is 5.75 Å². The van der Waals surface area contributed by atoms with E-state index in [0.717, 1.165) is 6.42 Å². The van der Waals surface area contributed by atoms with Gasteiger partial charge in [-0.25, -0.2) is 4.79 Å². The van der Waals surface area contributed by atoms with Crippen LogP contribution < -0.4 is 9.64 Å². The van der Waals surface area contributed by atoms with Gasteiger partial charge in [-0.2, -0.15) is 0 Å². The van der Waals surface area contributed by atoms with E-state index >= 15 is 0 Å². The molecule has 2 heterocycles. The zero-order chi connectivity index (χ0) is 18.8. The number of carboxylic acids is 1. The normalized spacial score (nSPS) is 26.1. The highest BCUT2D eigenvalue weighted by molar-refractivity contribution is 6.01. The van der Waals surface area contributed by atoms with E-state index in [1.54, 1.807) is 17.0 Å². The highest BCUT2D eigenvalue weighted by atomic mass is 16.5. The fourth-order valence-corrected chi connectivity index (χ4v) is 3.83. The number of rotatable bonds is 4. The summed E-state index contributed by atoms with van der Waals surface area (Å²) in [6.45, 7) is 2.67. The van der Waals surface area contributed by atoms with Gasteiger partial charge in [-0.3, -0.25) is 9.59 Å². The van der Waals surface area contributed by atoms with Crippen LogP contribution in [0.3, 0.4) is 0 Å². The molecular weight excluding hydrogens is 336 g/mol. The van der Waals surface area contributed by atoms with Crippen molar-refractivity contribution in [3.05, 3.63) is 24.3 Å². The summed E-state index contributed by atoms with van der Waals surface area (Å²) in [5.74, 6) is -1.04. The first kappa shape index (κ1) is 18.2. The smallest absolute Gasteiger partial charge is 0.326 e. The summed E-state index contributed by atoms with van der Waals surface area (Å²) in [7, 11) is 1.54. The molecule has 0 bridgehead atoms. The van der Waals surface area contributed by atoms with Crippen molar-refractivity contribution < 1.29 is 24.2 Å². The fourth-order valence-electron chi connectivity index (χ4n) is 3.83. The van der Waals surface area contributed by atoms with Gasteiger partial charge in [0.15, 0.2) is 0 Å². The van der Waals surface area contributed by atoms with E-state index in [0.29, 0.717) is 24.4 Å². The lowest BCUT2D eigenvalue weighted by atomic mass is 9.91. The van der Waals surface area contributed by atoms with Crippen molar-refractivity contribution in [1.29, 1.82) is 0 Å². The molecule has 0 aromatic heterocycles. The molecule has 0 aliphatic carbocycles. The summed E-state index contributed by atoms with van der Waals surface area (Å²) in [5.41, 5.74) is 0.636. The van der Waals surface area contributed by atoms with Crippen LogP contribution in [0.5, 0.6) is 5.75 Å². The molecule has 2 aliphatic heterocycles. The third kappa shape index (κ3) is 3.38. The maximum Gasteiger partial charge on any atom is 0.326 e. The number of carboxylic acid groups (broad SMARTS) is 1. The van der Waals surface area contributed by atoms with Crippen molar-refractivity contribution in [1.82, 2.24) is 4.90 Å². The number of nitrogens with zero attached hydrogens (tertiary/aromatic N) is 2. The predicted molar refractivity (Wildman–Crippen MR) is 95.0 cm³/mol. The van der Waals surface area contributed by atoms with Gasteiger partial charge in [-0.15, -0.1) is 0 Å². The van der Waals surface area contributed by atoms with E-state index in [4.69, 9.17) is 4.74 Å². The molecule has 3 rings (SSSR count). The maximum absolute atomic E-state index is 13.0. The van der Waals surface area contributed by atoms with E-state index in [9.17, 15) is 19.5 Å². The molecule has 2 aliphatic rings. The molecule has 0 saturated carbocycles. The predicted octanol–water partition coefficient (Wildman–Crippen LogP) is 1.76. The summed E-state index contributed by atoms with van der Waals surface area (Å²) in [6.07, 6.45) is 1.33. The van der Waals surface area contributed by atoms with Gasteiger partial charge in [-0.1, -0.05) is 19.1 Å². The zero-order valence-electron chi connectivity index (χ0n) is 15.1. The summed E-state index contributed by atoms with van der Waals surface area (Å²) in [5, 5.41) is 9.48. The zero-order valence-corrected chi connectivity index (χ0v) is 15.1. The van der Waals surface area contributed by atoms with Gasteiger partial charge in [0, 0.05) is 19.5 Å². The number of carbonyl (C=O) groups is 3. The second kappa shape index (κ2) is 7.35. The molecule has 7 heteroatoms. The largest absolute Gasteiger partial charge is 0.495 e. The molecule has 1 N–H and O–H groups in total. The molecule has 2 amide bonds. The van der Waals surface area contributed by atoms with E-state index < -0.39 is 17.9 Å². The van der Waals surface area contributed by atoms with E-state index in [2.05, 4.69) is 0 Å². The van der Waals surface area contributed by atoms with Crippen molar-refractivity contribution >= 4 is 23.5 Å². The van der Waals surface area contributed by atoms with Gasteiger partial charge < -0.3 is 19.6 Å². The van der Waals surface area contributed by atoms with Crippen LogP contribution in [0, 0.1) is 11.8 Å². The van der Waals surface area contributed by atoms with Gasteiger partial charge in [0.05, 0.1) is 18.7 Å². The lowest BCUT2D eigenvalue weighted by Gasteiger charge is -2.37. The molecule has 7 nitrogen and oxygen atoms in total. The molecule has 3 atom stereocenters. The summed E-state index contributed by atoms with van der Waals surface area (Å²) < 4.78 is 5.31. The molecule has 0 spiro atoms. The number of piperidine rings is 1. The molecule has 2 fully saturated rings. The maximum atomic E-state index is 13.0. The molecule has 3 unspecified atom stereocenters. The first-order valence-electron chi connectivity index (χ1n) is 8.89. The van der Waals surface area contributed by atoms with Crippen molar-refractivity contribution in [3.63, 3.8) is 0 Å². The second-order valence-corrected chi connectivity index (χ2v) is 7.09. The third-order valence-electron chi connectivity index (χ3n) is 5.28. The standard InChI is InChI=1S/C19H24N2O5/c1-12-7-8-20(15(9-12)19(24)25)18(23)13-10-17(22)21(11-13)14-5-3-4-6-16(14)26-2/h3-6,12-13,15H,7-11H2,1-2H3,(H,24,25). The number of likely N-dealkylation sites (tertiary alicyclic amines) is 1. The Balaban J connectivity index is 1.77. The van der Waals surface area contributed by atoms with Crippen LogP contribution in [-0.4, -0.2) is 54.0 Å².